The summed E-state index contributed by atoms with van der Waals surface area (Å²) in [4.78, 5) is 17.1. The predicted octanol–water partition coefficient (Wildman–Crippen LogP) is 0.0790. The Bertz CT molecular complexity index is 448. The first-order valence-electron chi connectivity index (χ1n) is 7.11. The molecule has 2 unspecified atom stereocenters. The molecule has 0 aliphatic carbocycles. The van der Waals surface area contributed by atoms with Crippen molar-refractivity contribution in [3.63, 3.8) is 0 Å². The second-order valence-electron chi connectivity index (χ2n) is 5.76. The molecule has 2 atom stereocenters. The van der Waals surface area contributed by atoms with Crippen molar-refractivity contribution < 1.29 is 0 Å². The molecule has 1 aromatic rings. The van der Waals surface area contributed by atoms with Crippen molar-refractivity contribution in [3.8, 4) is 0 Å². The normalized spacial score (nSPS) is 23.8. The van der Waals surface area contributed by atoms with Crippen LogP contribution in [0.15, 0.2) is 0 Å². The van der Waals surface area contributed by atoms with Crippen LogP contribution in [0.5, 0.6) is 0 Å². The van der Waals surface area contributed by atoms with E-state index in [1.165, 1.54) is 12.8 Å². The van der Waals surface area contributed by atoms with Gasteiger partial charge in [-0.15, -0.1) is 0 Å². The first-order chi connectivity index (χ1) is 9.49. The Balaban J connectivity index is 2.12. The lowest BCUT2D eigenvalue weighted by molar-refractivity contribution is 0.110. The van der Waals surface area contributed by atoms with Crippen LogP contribution in [-0.2, 0) is 6.54 Å². The summed E-state index contributed by atoms with van der Waals surface area (Å²) in [5.74, 6) is 2.18. The molecule has 1 saturated heterocycles. The second-order valence-corrected chi connectivity index (χ2v) is 5.76. The molecule has 112 valence electrons. The molecule has 1 aliphatic rings. The minimum Gasteiger partial charge on any atom is -0.368 e. The third kappa shape index (κ3) is 3.55. The summed E-state index contributed by atoms with van der Waals surface area (Å²) in [6.07, 6.45) is 2.37. The van der Waals surface area contributed by atoms with Crippen LogP contribution in [0.25, 0.3) is 0 Å². The summed E-state index contributed by atoms with van der Waals surface area (Å²) in [6, 6.07) is 0.526. The minimum absolute atomic E-state index is 0.277. The maximum Gasteiger partial charge on any atom is 0.229 e. The van der Waals surface area contributed by atoms with Gasteiger partial charge in [-0.2, -0.15) is 15.0 Å². The molecule has 0 radical (unpaired) electrons. The van der Waals surface area contributed by atoms with E-state index in [9.17, 15) is 0 Å². The Morgan fingerprint density at radius 3 is 2.65 bits per heavy atom. The molecule has 0 spiro atoms. The van der Waals surface area contributed by atoms with Gasteiger partial charge in [-0.25, -0.2) is 0 Å². The maximum atomic E-state index is 5.80. The predicted molar refractivity (Wildman–Crippen MR) is 80.2 cm³/mol. The van der Waals surface area contributed by atoms with E-state index in [0.717, 1.165) is 18.9 Å². The summed E-state index contributed by atoms with van der Waals surface area (Å²) in [6.45, 7) is 4.68. The molecule has 20 heavy (non-hydrogen) atoms. The molecule has 1 aromatic heterocycles. The monoisotopic (exact) mass is 279 g/mol. The van der Waals surface area contributed by atoms with E-state index in [4.69, 9.17) is 11.5 Å². The Kier molecular flexibility index (Phi) is 4.72. The number of rotatable bonds is 4. The lowest BCUT2D eigenvalue weighted by atomic mass is 9.93. The molecule has 7 nitrogen and oxygen atoms in total. The van der Waals surface area contributed by atoms with E-state index in [2.05, 4.69) is 26.8 Å². The zero-order valence-corrected chi connectivity index (χ0v) is 12.6. The SMILES string of the molecule is CC1CCC(CN)CN1Cc1nc(N)nc(N(C)C)n1. The van der Waals surface area contributed by atoms with Gasteiger partial charge in [-0.05, 0) is 32.2 Å². The minimum atomic E-state index is 0.277. The van der Waals surface area contributed by atoms with Crippen LogP contribution in [0.1, 0.15) is 25.6 Å². The molecule has 2 heterocycles. The molecular weight excluding hydrogens is 254 g/mol. The maximum absolute atomic E-state index is 5.80. The van der Waals surface area contributed by atoms with Gasteiger partial charge in [0.15, 0.2) is 0 Å². The van der Waals surface area contributed by atoms with E-state index >= 15 is 0 Å². The van der Waals surface area contributed by atoms with Gasteiger partial charge in [-0.3, -0.25) is 4.90 Å². The number of aromatic nitrogens is 3. The zero-order valence-electron chi connectivity index (χ0n) is 12.6. The molecule has 1 fully saturated rings. The van der Waals surface area contributed by atoms with Crippen LogP contribution >= 0.6 is 0 Å². The molecule has 0 aromatic carbocycles. The molecule has 0 amide bonds. The quantitative estimate of drug-likeness (QED) is 0.805. The molecule has 0 saturated carbocycles. The van der Waals surface area contributed by atoms with Gasteiger partial charge in [0.25, 0.3) is 0 Å². The number of piperidine rings is 1. The Morgan fingerprint density at radius 2 is 2.00 bits per heavy atom. The van der Waals surface area contributed by atoms with E-state index in [1.54, 1.807) is 0 Å². The van der Waals surface area contributed by atoms with Crippen molar-refractivity contribution in [2.45, 2.75) is 32.4 Å². The first-order valence-corrected chi connectivity index (χ1v) is 7.11. The number of anilines is 2. The summed E-state index contributed by atoms with van der Waals surface area (Å²) >= 11 is 0. The van der Waals surface area contributed by atoms with Crippen molar-refractivity contribution in [1.29, 1.82) is 0 Å². The largest absolute Gasteiger partial charge is 0.368 e. The van der Waals surface area contributed by atoms with Gasteiger partial charge in [0.1, 0.15) is 5.82 Å². The van der Waals surface area contributed by atoms with Crippen LogP contribution in [-0.4, -0.2) is 53.1 Å². The number of nitrogens with zero attached hydrogens (tertiary/aromatic N) is 5. The fraction of sp³-hybridized carbons (Fsp3) is 0.769. The smallest absolute Gasteiger partial charge is 0.229 e. The highest BCUT2D eigenvalue weighted by Crippen LogP contribution is 2.22. The van der Waals surface area contributed by atoms with Gasteiger partial charge in [0, 0.05) is 26.7 Å². The van der Waals surface area contributed by atoms with Crippen LogP contribution in [0.3, 0.4) is 0 Å². The Morgan fingerprint density at radius 1 is 1.25 bits per heavy atom. The number of hydrogen-bond donors (Lipinski definition) is 2. The van der Waals surface area contributed by atoms with Crippen molar-refractivity contribution in [2.24, 2.45) is 11.7 Å². The highest BCUT2D eigenvalue weighted by atomic mass is 15.3. The van der Waals surface area contributed by atoms with Gasteiger partial charge in [-0.1, -0.05) is 0 Å². The van der Waals surface area contributed by atoms with Crippen molar-refractivity contribution in [2.75, 3.05) is 37.8 Å². The number of hydrogen-bond acceptors (Lipinski definition) is 7. The van der Waals surface area contributed by atoms with Gasteiger partial charge in [0.05, 0.1) is 6.54 Å². The number of nitrogens with two attached hydrogens (primary N) is 2. The van der Waals surface area contributed by atoms with Crippen LogP contribution in [0, 0.1) is 5.92 Å². The topological polar surface area (TPSA) is 97.2 Å². The van der Waals surface area contributed by atoms with Crippen molar-refractivity contribution >= 4 is 11.9 Å². The summed E-state index contributed by atoms with van der Waals surface area (Å²) in [7, 11) is 3.79. The summed E-state index contributed by atoms with van der Waals surface area (Å²) in [5, 5.41) is 0. The van der Waals surface area contributed by atoms with Crippen molar-refractivity contribution in [1.82, 2.24) is 19.9 Å². The highest BCUT2D eigenvalue weighted by molar-refractivity contribution is 5.32. The third-order valence-electron chi connectivity index (χ3n) is 3.87. The summed E-state index contributed by atoms with van der Waals surface area (Å²) in [5.41, 5.74) is 11.6. The van der Waals surface area contributed by atoms with E-state index in [0.29, 0.717) is 24.5 Å². The van der Waals surface area contributed by atoms with Crippen LogP contribution in [0.2, 0.25) is 0 Å². The number of nitrogen functional groups attached to an aromatic ring is 1. The zero-order chi connectivity index (χ0) is 14.7. The average molecular weight is 279 g/mol. The first kappa shape index (κ1) is 14.9. The standard InChI is InChI=1S/C13H25N7/c1-9-4-5-10(6-14)7-20(9)8-11-16-12(15)18-13(17-11)19(2)3/h9-10H,4-8,14H2,1-3H3,(H2,15,16,17,18). The van der Waals surface area contributed by atoms with E-state index in [1.807, 2.05) is 19.0 Å². The highest BCUT2D eigenvalue weighted by Gasteiger charge is 2.25. The van der Waals surface area contributed by atoms with E-state index in [-0.39, 0.29) is 5.95 Å². The van der Waals surface area contributed by atoms with E-state index < -0.39 is 0 Å². The Labute approximate surface area is 120 Å². The average Bonchev–Trinajstić information content (AvgIpc) is 2.40. The molecule has 1 aliphatic heterocycles. The molecule has 0 bridgehead atoms. The molecular formula is C13H25N7. The molecule has 4 N–H and O–H groups in total. The Hall–Kier alpha value is -1.47. The summed E-state index contributed by atoms with van der Waals surface area (Å²) < 4.78 is 0. The lowest BCUT2D eigenvalue weighted by Gasteiger charge is -2.37. The van der Waals surface area contributed by atoms with Gasteiger partial charge < -0.3 is 16.4 Å². The third-order valence-corrected chi connectivity index (χ3v) is 3.87. The lowest BCUT2D eigenvalue weighted by Crippen LogP contribution is -2.43. The molecule has 2 rings (SSSR count). The van der Waals surface area contributed by atoms with Crippen molar-refractivity contribution in [3.05, 3.63) is 5.82 Å². The second kappa shape index (κ2) is 6.32. The van der Waals surface area contributed by atoms with Gasteiger partial charge in [0.2, 0.25) is 11.9 Å². The molecule has 7 heteroatoms. The number of likely N-dealkylation sites (tertiary alicyclic amines) is 1. The fourth-order valence-electron chi connectivity index (χ4n) is 2.55. The van der Waals surface area contributed by atoms with Crippen LogP contribution < -0.4 is 16.4 Å². The van der Waals surface area contributed by atoms with Crippen LogP contribution in [0.4, 0.5) is 11.9 Å². The van der Waals surface area contributed by atoms with Gasteiger partial charge >= 0.3 is 0 Å². The fourth-order valence-corrected chi connectivity index (χ4v) is 2.55.